The highest BCUT2D eigenvalue weighted by Gasteiger charge is 2.13. The summed E-state index contributed by atoms with van der Waals surface area (Å²) in [5, 5.41) is 1.59. The van der Waals surface area contributed by atoms with Crippen LogP contribution >= 0.6 is 22.9 Å². The predicted molar refractivity (Wildman–Crippen MR) is 73.9 cm³/mol. The molecule has 2 aromatic rings. The van der Waals surface area contributed by atoms with Gasteiger partial charge in [0, 0.05) is 4.88 Å². The molecule has 0 unspecified atom stereocenters. The molecule has 0 saturated heterocycles. The standard InChI is InChI=1S/C12H16ClN3S/c1-5-16(4)6-9-14-11(13)10-7(2)8(3)17-12(10)15-9/h5-6H2,1-4H3. The first-order chi connectivity index (χ1) is 8.02. The summed E-state index contributed by atoms with van der Waals surface area (Å²) in [5.74, 6) is 0.799. The minimum atomic E-state index is 0.580. The van der Waals surface area contributed by atoms with Gasteiger partial charge in [-0.1, -0.05) is 18.5 Å². The summed E-state index contributed by atoms with van der Waals surface area (Å²) in [5.41, 5.74) is 1.20. The number of halogens is 1. The van der Waals surface area contributed by atoms with Crippen LogP contribution in [0.25, 0.3) is 10.2 Å². The molecule has 0 aromatic carbocycles. The smallest absolute Gasteiger partial charge is 0.145 e. The van der Waals surface area contributed by atoms with Crippen molar-refractivity contribution in [3.63, 3.8) is 0 Å². The number of thiophene rings is 1. The minimum absolute atomic E-state index is 0.580. The fourth-order valence-corrected chi connectivity index (χ4v) is 3.10. The zero-order valence-corrected chi connectivity index (χ0v) is 12.1. The highest BCUT2D eigenvalue weighted by Crippen LogP contribution is 2.32. The van der Waals surface area contributed by atoms with E-state index in [4.69, 9.17) is 11.6 Å². The lowest BCUT2D eigenvalue weighted by atomic mass is 10.2. The van der Waals surface area contributed by atoms with Crippen LogP contribution in [0.15, 0.2) is 0 Å². The van der Waals surface area contributed by atoms with Gasteiger partial charge < -0.3 is 0 Å². The second-order valence-corrected chi connectivity index (χ2v) is 5.79. The zero-order valence-electron chi connectivity index (χ0n) is 10.5. The topological polar surface area (TPSA) is 29.0 Å². The Morgan fingerprint density at radius 2 is 2.00 bits per heavy atom. The number of fused-ring (bicyclic) bond motifs is 1. The normalized spacial score (nSPS) is 11.6. The van der Waals surface area contributed by atoms with Crippen LogP contribution in [0.2, 0.25) is 5.15 Å². The maximum absolute atomic E-state index is 6.24. The number of hydrogen-bond acceptors (Lipinski definition) is 4. The van der Waals surface area contributed by atoms with E-state index in [1.807, 2.05) is 7.05 Å². The van der Waals surface area contributed by atoms with Gasteiger partial charge in [0.05, 0.1) is 11.9 Å². The van der Waals surface area contributed by atoms with Crippen molar-refractivity contribution in [1.29, 1.82) is 0 Å². The van der Waals surface area contributed by atoms with Crippen molar-refractivity contribution >= 4 is 33.2 Å². The Bertz CT molecular complexity index is 550. The Morgan fingerprint density at radius 1 is 1.29 bits per heavy atom. The van der Waals surface area contributed by atoms with Crippen LogP contribution in [-0.2, 0) is 6.54 Å². The minimum Gasteiger partial charge on any atom is -0.299 e. The van der Waals surface area contributed by atoms with Crippen molar-refractivity contribution in [2.24, 2.45) is 0 Å². The van der Waals surface area contributed by atoms with E-state index in [2.05, 4.69) is 35.6 Å². The molecule has 0 N–H and O–H groups in total. The third-order valence-electron chi connectivity index (χ3n) is 2.98. The van der Waals surface area contributed by atoms with Crippen molar-refractivity contribution < 1.29 is 0 Å². The Kier molecular flexibility index (Phi) is 3.66. The molecule has 0 atom stereocenters. The van der Waals surface area contributed by atoms with Gasteiger partial charge in [-0.15, -0.1) is 11.3 Å². The summed E-state index contributed by atoms with van der Waals surface area (Å²) < 4.78 is 0. The van der Waals surface area contributed by atoms with Gasteiger partial charge in [0.15, 0.2) is 0 Å². The third-order valence-corrected chi connectivity index (χ3v) is 4.36. The summed E-state index contributed by atoms with van der Waals surface area (Å²) in [4.78, 5) is 13.4. The Labute approximate surface area is 110 Å². The van der Waals surface area contributed by atoms with Crippen molar-refractivity contribution in [2.75, 3.05) is 13.6 Å². The van der Waals surface area contributed by atoms with Crippen molar-refractivity contribution in [3.8, 4) is 0 Å². The average Bonchev–Trinajstić information content (AvgIpc) is 2.54. The van der Waals surface area contributed by atoms with Crippen molar-refractivity contribution in [1.82, 2.24) is 14.9 Å². The maximum Gasteiger partial charge on any atom is 0.145 e. The van der Waals surface area contributed by atoms with E-state index >= 15 is 0 Å². The average molecular weight is 270 g/mol. The lowest BCUT2D eigenvalue weighted by molar-refractivity contribution is 0.337. The summed E-state index contributed by atoms with van der Waals surface area (Å²) in [6.07, 6.45) is 0. The number of aryl methyl sites for hydroxylation is 2. The Balaban J connectivity index is 2.49. The Morgan fingerprint density at radius 3 is 2.65 bits per heavy atom. The van der Waals surface area contributed by atoms with E-state index in [-0.39, 0.29) is 0 Å². The van der Waals surface area contributed by atoms with E-state index < -0.39 is 0 Å². The van der Waals surface area contributed by atoms with Gasteiger partial charge in [-0.05, 0) is 33.0 Å². The van der Waals surface area contributed by atoms with E-state index in [1.165, 1.54) is 10.4 Å². The molecule has 3 nitrogen and oxygen atoms in total. The van der Waals surface area contributed by atoms with Gasteiger partial charge in [0.2, 0.25) is 0 Å². The second-order valence-electron chi connectivity index (χ2n) is 4.22. The van der Waals surface area contributed by atoms with Crippen LogP contribution in [0, 0.1) is 13.8 Å². The van der Waals surface area contributed by atoms with Crippen molar-refractivity contribution in [2.45, 2.75) is 27.3 Å². The molecular formula is C12H16ClN3S. The fourth-order valence-electron chi connectivity index (χ4n) is 1.67. The van der Waals surface area contributed by atoms with Gasteiger partial charge >= 0.3 is 0 Å². The summed E-state index contributed by atoms with van der Waals surface area (Å²) in [6, 6.07) is 0. The number of rotatable bonds is 3. The monoisotopic (exact) mass is 269 g/mol. The van der Waals surface area contributed by atoms with Crippen LogP contribution in [0.1, 0.15) is 23.2 Å². The van der Waals surface area contributed by atoms with E-state index in [0.29, 0.717) is 5.15 Å². The highest BCUT2D eigenvalue weighted by atomic mass is 35.5. The third kappa shape index (κ3) is 2.44. The largest absolute Gasteiger partial charge is 0.299 e. The molecule has 0 aliphatic rings. The quantitative estimate of drug-likeness (QED) is 0.800. The first-order valence-electron chi connectivity index (χ1n) is 5.63. The Hall–Kier alpha value is -0.710. The van der Waals surface area contributed by atoms with Gasteiger partial charge in [0.25, 0.3) is 0 Å². The van der Waals surface area contributed by atoms with Crippen LogP contribution < -0.4 is 0 Å². The molecule has 0 spiro atoms. The van der Waals surface area contributed by atoms with Gasteiger partial charge in [-0.3, -0.25) is 4.90 Å². The van der Waals surface area contributed by atoms with Crippen molar-refractivity contribution in [3.05, 3.63) is 21.4 Å². The van der Waals surface area contributed by atoms with Crippen LogP contribution in [0.4, 0.5) is 0 Å². The van der Waals surface area contributed by atoms with Gasteiger partial charge in [0.1, 0.15) is 15.8 Å². The van der Waals surface area contributed by atoms with E-state index in [1.54, 1.807) is 11.3 Å². The molecule has 2 heterocycles. The molecule has 2 rings (SSSR count). The molecule has 0 aliphatic carbocycles. The second kappa shape index (κ2) is 4.88. The summed E-state index contributed by atoms with van der Waals surface area (Å²) in [7, 11) is 2.05. The molecule has 0 saturated carbocycles. The summed E-state index contributed by atoms with van der Waals surface area (Å²) in [6.45, 7) is 7.99. The number of nitrogens with zero attached hydrogens (tertiary/aromatic N) is 3. The van der Waals surface area contributed by atoms with Crippen LogP contribution in [0.3, 0.4) is 0 Å². The first-order valence-corrected chi connectivity index (χ1v) is 6.83. The highest BCUT2D eigenvalue weighted by molar-refractivity contribution is 7.18. The SMILES string of the molecule is CCN(C)Cc1nc(Cl)c2c(C)c(C)sc2n1. The molecule has 17 heavy (non-hydrogen) atoms. The van der Waals surface area contributed by atoms with Gasteiger partial charge in [-0.25, -0.2) is 9.97 Å². The predicted octanol–water partition coefficient (Wildman–Crippen LogP) is 3.41. The van der Waals surface area contributed by atoms with Crippen LogP contribution in [-0.4, -0.2) is 28.5 Å². The van der Waals surface area contributed by atoms with E-state index in [9.17, 15) is 0 Å². The molecule has 0 aliphatic heterocycles. The number of hydrogen-bond donors (Lipinski definition) is 0. The fraction of sp³-hybridized carbons (Fsp3) is 0.500. The number of aromatic nitrogens is 2. The lowest BCUT2D eigenvalue weighted by Gasteiger charge is -2.12. The molecule has 92 valence electrons. The first kappa shape index (κ1) is 12.7. The maximum atomic E-state index is 6.24. The molecule has 0 amide bonds. The van der Waals surface area contributed by atoms with E-state index in [0.717, 1.165) is 29.1 Å². The van der Waals surface area contributed by atoms with Crippen LogP contribution in [0.5, 0.6) is 0 Å². The molecule has 2 aromatic heterocycles. The molecule has 0 radical (unpaired) electrons. The molecule has 5 heteroatoms. The van der Waals surface area contributed by atoms with Gasteiger partial charge in [-0.2, -0.15) is 0 Å². The molecular weight excluding hydrogens is 254 g/mol. The molecule has 0 fully saturated rings. The zero-order chi connectivity index (χ0) is 12.6. The summed E-state index contributed by atoms with van der Waals surface area (Å²) >= 11 is 7.93. The molecule has 0 bridgehead atoms. The lowest BCUT2D eigenvalue weighted by Crippen LogP contribution is -2.18.